The number of thiazole rings is 1. The number of hydrogen-bond donors (Lipinski definition) is 0. The molecule has 5 rings (SSSR count). The van der Waals surface area contributed by atoms with Gasteiger partial charge in [-0.3, -0.25) is 10.1 Å². The van der Waals surface area contributed by atoms with Crippen LogP contribution in [0.1, 0.15) is 5.56 Å². The molecular formula is C23H14BrFN4O4S. The first-order valence-corrected chi connectivity index (χ1v) is 11.5. The van der Waals surface area contributed by atoms with Crippen LogP contribution in [0.15, 0.2) is 80.6 Å². The van der Waals surface area contributed by atoms with Gasteiger partial charge in [-0.25, -0.2) is 14.1 Å². The van der Waals surface area contributed by atoms with Gasteiger partial charge in [0.15, 0.2) is 11.5 Å². The van der Waals surface area contributed by atoms with E-state index in [1.165, 1.54) is 41.8 Å². The van der Waals surface area contributed by atoms with Crippen LogP contribution < -0.4 is 14.3 Å². The molecular weight excluding hydrogens is 527 g/mol. The molecule has 0 atom stereocenters. The smallest absolute Gasteiger partial charge is 0.282 e. The number of fused-ring (bicyclic) bond motifs is 1. The zero-order chi connectivity index (χ0) is 23.7. The zero-order valence-corrected chi connectivity index (χ0v) is 19.6. The summed E-state index contributed by atoms with van der Waals surface area (Å²) < 4.78 is 26.4. The Kier molecular flexibility index (Phi) is 5.95. The minimum absolute atomic E-state index is 0.000749. The lowest BCUT2D eigenvalue weighted by Crippen LogP contribution is -2.12. The number of nitrogens with zero attached hydrogens (tertiary/aromatic N) is 4. The first kappa shape index (κ1) is 22.0. The molecule has 0 N–H and O–H groups in total. The average molecular weight is 541 g/mol. The molecule has 3 aromatic carbocycles. The van der Waals surface area contributed by atoms with E-state index in [0.717, 1.165) is 15.7 Å². The highest BCUT2D eigenvalue weighted by Gasteiger charge is 2.22. The lowest BCUT2D eigenvalue weighted by molar-refractivity contribution is -0.385. The molecule has 0 amide bonds. The predicted molar refractivity (Wildman–Crippen MR) is 129 cm³/mol. The van der Waals surface area contributed by atoms with E-state index < -0.39 is 4.92 Å². The first-order valence-electron chi connectivity index (χ1n) is 9.88. The zero-order valence-electron chi connectivity index (χ0n) is 17.2. The van der Waals surface area contributed by atoms with E-state index in [4.69, 9.17) is 9.47 Å². The van der Waals surface area contributed by atoms with Gasteiger partial charge in [0.05, 0.1) is 34.1 Å². The Hall–Kier alpha value is -3.83. The van der Waals surface area contributed by atoms with Crippen molar-refractivity contribution in [3.8, 4) is 22.8 Å². The fraction of sp³-hybridized carbons (Fsp3) is 0.0435. The lowest BCUT2D eigenvalue weighted by atomic mass is 10.1. The third-order valence-electron chi connectivity index (χ3n) is 4.92. The molecule has 0 unspecified atom stereocenters. The molecule has 0 bridgehead atoms. The van der Waals surface area contributed by atoms with Gasteiger partial charge in [0.2, 0.25) is 11.6 Å². The molecule has 2 heterocycles. The summed E-state index contributed by atoms with van der Waals surface area (Å²) in [6.07, 6.45) is 1.39. The molecule has 0 saturated carbocycles. The van der Waals surface area contributed by atoms with Crippen LogP contribution in [0.25, 0.3) is 11.3 Å². The molecule has 0 aliphatic carbocycles. The highest BCUT2D eigenvalue weighted by molar-refractivity contribution is 9.10. The van der Waals surface area contributed by atoms with Gasteiger partial charge < -0.3 is 9.47 Å². The van der Waals surface area contributed by atoms with Crippen molar-refractivity contribution in [3.63, 3.8) is 0 Å². The standard InChI is InChI=1S/C23H14BrFN4O4S/c24-18-4-2-1-3-17(18)20-12-34-23(27-16-7-5-15(25)6-8-16)28(20)26-11-14-9-21-22(33-13-32-21)10-19(14)29(30)31/h1-12H,13H2. The summed E-state index contributed by atoms with van der Waals surface area (Å²) in [5.41, 5.74) is 2.21. The van der Waals surface area contributed by atoms with Crippen molar-refractivity contribution in [1.29, 1.82) is 0 Å². The van der Waals surface area contributed by atoms with Crippen LogP contribution in [-0.2, 0) is 0 Å². The maximum absolute atomic E-state index is 13.3. The lowest BCUT2D eigenvalue weighted by Gasteiger charge is -2.06. The van der Waals surface area contributed by atoms with Gasteiger partial charge in [0.1, 0.15) is 5.82 Å². The number of nitro benzene ring substituents is 1. The van der Waals surface area contributed by atoms with Gasteiger partial charge in [-0.15, -0.1) is 11.3 Å². The fourth-order valence-electron chi connectivity index (χ4n) is 3.30. The fourth-order valence-corrected chi connectivity index (χ4v) is 4.63. The van der Waals surface area contributed by atoms with Gasteiger partial charge in [0, 0.05) is 15.4 Å². The third-order valence-corrected chi connectivity index (χ3v) is 6.43. The number of halogens is 2. The number of ether oxygens (including phenoxy) is 2. The molecule has 34 heavy (non-hydrogen) atoms. The second-order valence-electron chi connectivity index (χ2n) is 7.05. The van der Waals surface area contributed by atoms with E-state index in [1.807, 2.05) is 29.6 Å². The summed E-state index contributed by atoms with van der Waals surface area (Å²) in [6.45, 7) is -0.000749. The van der Waals surface area contributed by atoms with Gasteiger partial charge in [0.25, 0.3) is 5.69 Å². The summed E-state index contributed by atoms with van der Waals surface area (Å²) in [7, 11) is 0. The van der Waals surface area contributed by atoms with Crippen molar-refractivity contribution in [2.45, 2.75) is 0 Å². The monoisotopic (exact) mass is 540 g/mol. The van der Waals surface area contributed by atoms with Crippen LogP contribution >= 0.6 is 27.3 Å². The van der Waals surface area contributed by atoms with E-state index in [1.54, 1.807) is 16.8 Å². The Bertz CT molecular complexity index is 1500. The molecule has 170 valence electrons. The summed E-state index contributed by atoms with van der Waals surface area (Å²) in [5, 5.41) is 18.1. The van der Waals surface area contributed by atoms with E-state index in [0.29, 0.717) is 22.0 Å². The van der Waals surface area contributed by atoms with Crippen molar-refractivity contribution in [1.82, 2.24) is 4.68 Å². The number of nitro groups is 1. The Labute approximate surface area is 204 Å². The Balaban J connectivity index is 1.66. The molecule has 4 aromatic rings. The number of benzene rings is 3. The van der Waals surface area contributed by atoms with Crippen LogP contribution in [0.5, 0.6) is 11.5 Å². The SMILES string of the molecule is O=[N+]([O-])c1cc2c(cc1C=Nn1c(-c3ccccc3Br)csc1=Nc1ccc(F)cc1)OCO2. The second kappa shape index (κ2) is 9.20. The van der Waals surface area contributed by atoms with E-state index in [2.05, 4.69) is 26.0 Å². The molecule has 8 nitrogen and oxygen atoms in total. The Morgan fingerprint density at radius 2 is 1.85 bits per heavy atom. The average Bonchev–Trinajstić information content (AvgIpc) is 3.45. The Morgan fingerprint density at radius 3 is 2.59 bits per heavy atom. The van der Waals surface area contributed by atoms with E-state index in [-0.39, 0.29) is 23.9 Å². The molecule has 0 saturated heterocycles. The molecule has 11 heteroatoms. The van der Waals surface area contributed by atoms with E-state index >= 15 is 0 Å². The summed E-state index contributed by atoms with van der Waals surface area (Å²) in [4.78, 5) is 16.2. The molecule has 1 aliphatic heterocycles. The topological polar surface area (TPSA) is 91.2 Å². The van der Waals surface area contributed by atoms with Crippen molar-refractivity contribution < 1.29 is 18.8 Å². The number of rotatable bonds is 5. The number of aromatic nitrogens is 1. The molecule has 0 fully saturated rings. The molecule has 0 radical (unpaired) electrons. The maximum atomic E-state index is 13.3. The number of hydrogen-bond acceptors (Lipinski definition) is 7. The van der Waals surface area contributed by atoms with E-state index in [9.17, 15) is 14.5 Å². The van der Waals surface area contributed by atoms with Crippen molar-refractivity contribution in [3.05, 3.63) is 96.8 Å². The second-order valence-corrected chi connectivity index (χ2v) is 8.74. The van der Waals surface area contributed by atoms with Gasteiger partial charge in [-0.1, -0.05) is 34.1 Å². The van der Waals surface area contributed by atoms with Crippen LogP contribution in [-0.4, -0.2) is 22.6 Å². The molecule has 0 spiro atoms. The normalized spacial score (nSPS) is 13.1. The minimum atomic E-state index is -0.500. The highest BCUT2D eigenvalue weighted by Crippen LogP contribution is 2.37. The van der Waals surface area contributed by atoms with Crippen LogP contribution in [0.2, 0.25) is 0 Å². The van der Waals surface area contributed by atoms with Crippen LogP contribution in [0, 0.1) is 15.9 Å². The van der Waals surface area contributed by atoms with Gasteiger partial charge in [-0.2, -0.15) is 5.10 Å². The minimum Gasteiger partial charge on any atom is -0.454 e. The van der Waals surface area contributed by atoms with Crippen LogP contribution in [0.3, 0.4) is 0 Å². The first-order chi connectivity index (χ1) is 16.5. The van der Waals surface area contributed by atoms with Gasteiger partial charge >= 0.3 is 0 Å². The van der Waals surface area contributed by atoms with Crippen molar-refractivity contribution in [2.75, 3.05) is 6.79 Å². The molecule has 1 aliphatic rings. The summed E-state index contributed by atoms with van der Waals surface area (Å²) >= 11 is 4.89. The summed E-state index contributed by atoms with van der Waals surface area (Å²) in [6, 6.07) is 16.2. The summed E-state index contributed by atoms with van der Waals surface area (Å²) in [5.74, 6) is 0.359. The highest BCUT2D eigenvalue weighted by atomic mass is 79.9. The maximum Gasteiger partial charge on any atom is 0.282 e. The van der Waals surface area contributed by atoms with Gasteiger partial charge in [-0.05, 0) is 36.4 Å². The van der Waals surface area contributed by atoms with Crippen molar-refractivity contribution >= 4 is 44.9 Å². The molecule has 1 aromatic heterocycles. The van der Waals surface area contributed by atoms with Crippen molar-refractivity contribution in [2.24, 2.45) is 10.1 Å². The Morgan fingerprint density at radius 1 is 1.12 bits per heavy atom. The van der Waals surface area contributed by atoms with Crippen LogP contribution in [0.4, 0.5) is 15.8 Å². The third kappa shape index (κ3) is 4.35. The predicted octanol–water partition coefficient (Wildman–Crippen LogP) is 5.87. The largest absolute Gasteiger partial charge is 0.454 e. The quantitative estimate of drug-likeness (QED) is 0.180.